The van der Waals surface area contributed by atoms with Crippen molar-refractivity contribution >= 4 is 0 Å². The van der Waals surface area contributed by atoms with Gasteiger partial charge < -0.3 is 19.7 Å². The van der Waals surface area contributed by atoms with Crippen molar-refractivity contribution in [3.05, 3.63) is 11.6 Å². The van der Waals surface area contributed by atoms with E-state index < -0.39 is 0 Å². The maximum atomic E-state index is 12.0. The van der Waals surface area contributed by atoms with Crippen molar-refractivity contribution in [2.75, 3.05) is 13.2 Å². The van der Waals surface area contributed by atoms with E-state index in [1.54, 1.807) is 5.57 Å². The third kappa shape index (κ3) is 2.97. The third-order valence-electron chi connectivity index (χ3n) is 14.1. The maximum absolute atomic E-state index is 12.0. The highest BCUT2D eigenvalue weighted by molar-refractivity contribution is 5.35. The van der Waals surface area contributed by atoms with Crippen LogP contribution in [0, 0.1) is 50.2 Å². The summed E-state index contributed by atoms with van der Waals surface area (Å²) in [4.78, 5) is 0. The van der Waals surface area contributed by atoms with E-state index in [0.717, 1.165) is 44.9 Å². The minimum atomic E-state index is -0.333. The molecule has 0 aromatic heterocycles. The highest BCUT2D eigenvalue weighted by Gasteiger charge is 2.71. The summed E-state index contributed by atoms with van der Waals surface area (Å²) < 4.78 is 12.7. The first-order valence-corrected chi connectivity index (χ1v) is 15.1. The Morgan fingerprint density at radius 3 is 2.39 bits per heavy atom. The fourth-order valence-corrected chi connectivity index (χ4v) is 11.6. The van der Waals surface area contributed by atoms with Gasteiger partial charge in [0.05, 0.1) is 18.8 Å². The Labute approximate surface area is 219 Å². The lowest BCUT2D eigenvalue weighted by Gasteiger charge is -2.71. The Bertz CT molecular complexity index is 942. The monoisotopic (exact) mass is 500 g/mol. The number of aliphatic hydroxyl groups is 2. The molecular formula is C32H52O4. The van der Waals surface area contributed by atoms with Crippen LogP contribution in [0.1, 0.15) is 106 Å². The van der Waals surface area contributed by atoms with E-state index in [0.29, 0.717) is 31.0 Å². The fourth-order valence-electron chi connectivity index (χ4n) is 11.6. The Morgan fingerprint density at radius 2 is 1.67 bits per heavy atom. The van der Waals surface area contributed by atoms with E-state index in [1.165, 1.54) is 12.8 Å². The molecule has 4 nitrogen and oxygen atoms in total. The van der Waals surface area contributed by atoms with Crippen LogP contribution in [0.3, 0.4) is 0 Å². The van der Waals surface area contributed by atoms with Gasteiger partial charge in [-0.25, -0.2) is 0 Å². The number of allylic oxidation sites excluding steroid dienone is 2. The summed E-state index contributed by atoms with van der Waals surface area (Å²) in [6, 6.07) is 0. The Kier molecular flexibility index (Phi) is 5.62. The standard InChI is InChI=1S/C32H52O4/c1-8-35-26-28(4)15-16-32(19-36-26)21(17-28)20-9-10-23-29(5)13-12-24(33)27(2,3)22(29)11-14-30(23,6)31(20,7)18-25(32)34/h9,21-26,33-34H,8,10-19H2,1-7H3/t21-,22+,23+,24-,25+,26-,28-,29-,30+,31+,32+/m0/s1. The fraction of sp³-hybridized carbons (Fsp3) is 0.938. The number of fused-ring (bicyclic) bond motifs is 8. The van der Waals surface area contributed by atoms with Gasteiger partial charge in [-0.1, -0.05) is 53.2 Å². The van der Waals surface area contributed by atoms with Crippen LogP contribution < -0.4 is 0 Å². The van der Waals surface area contributed by atoms with Crippen molar-refractivity contribution in [1.29, 1.82) is 0 Å². The molecule has 4 heteroatoms. The SMILES string of the molecule is CCO[C@H]1OC[C@]23CC[C@@]1(C)C[C@H]2C1=CC[C@@H]2[C@@]4(C)CC[C@H](O)C(C)(C)[C@H]4CC[C@@]2(C)[C@]1(C)C[C@H]3O. The number of rotatable bonds is 2. The van der Waals surface area contributed by atoms with Gasteiger partial charge in [0.15, 0.2) is 6.29 Å². The topological polar surface area (TPSA) is 58.9 Å². The molecule has 11 atom stereocenters. The molecule has 0 radical (unpaired) electrons. The van der Waals surface area contributed by atoms with Crippen LogP contribution in [0.4, 0.5) is 0 Å². The van der Waals surface area contributed by atoms with Crippen LogP contribution in [0.5, 0.6) is 0 Å². The molecule has 2 bridgehead atoms. The van der Waals surface area contributed by atoms with Crippen LogP contribution in [0.25, 0.3) is 0 Å². The summed E-state index contributed by atoms with van der Waals surface area (Å²) in [6.07, 6.45) is 11.6. The van der Waals surface area contributed by atoms with E-state index in [-0.39, 0.29) is 51.0 Å². The zero-order chi connectivity index (χ0) is 25.9. The van der Waals surface area contributed by atoms with E-state index in [4.69, 9.17) is 9.47 Å². The molecule has 1 spiro atoms. The lowest BCUT2D eigenvalue weighted by Crippen LogP contribution is -2.66. The van der Waals surface area contributed by atoms with Crippen LogP contribution in [0.15, 0.2) is 11.6 Å². The van der Waals surface area contributed by atoms with Gasteiger partial charge in [-0.3, -0.25) is 0 Å². The minimum Gasteiger partial charge on any atom is -0.393 e. The van der Waals surface area contributed by atoms with E-state index in [2.05, 4.69) is 54.5 Å². The molecule has 6 fully saturated rings. The summed E-state index contributed by atoms with van der Waals surface area (Å²) in [7, 11) is 0. The van der Waals surface area contributed by atoms with E-state index in [9.17, 15) is 10.2 Å². The molecule has 7 rings (SSSR count). The Hall–Kier alpha value is -0.420. The predicted molar refractivity (Wildman–Crippen MR) is 142 cm³/mol. The molecule has 2 saturated heterocycles. The second-order valence-corrected chi connectivity index (χ2v) is 15.6. The van der Waals surface area contributed by atoms with Crippen molar-refractivity contribution in [2.24, 2.45) is 50.2 Å². The highest BCUT2D eigenvalue weighted by atomic mass is 16.7. The molecule has 0 aromatic carbocycles. The molecule has 2 N–H and O–H groups in total. The van der Waals surface area contributed by atoms with Crippen molar-refractivity contribution < 1.29 is 19.7 Å². The van der Waals surface area contributed by atoms with Gasteiger partial charge in [-0.05, 0) is 104 Å². The van der Waals surface area contributed by atoms with Gasteiger partial charge in [-0.15, -0.1) is 0 Å². The smallest absolute Gasteiger partial charge is 0.162 e. The number of ether oxygens (including phenoxy) is 2. The molecule has 0 unspecified atom stereocenters. The third-order valence-corrected chi connectivity index (χ3v) is 14.1. The Morgan fingerprint density at radius 1 is 0.917 bits per heavy atom. The van der Waals surface area contributed by atoms with Crippen LogP contribution in [-0.4, -0.2) is 41.9 Å². The van der Waals surface area contributed by atoms with Gasteiger partial charge in [0.2, 0.25) is 0 Å². The van der Waals surface area contributed by atoms with Gasteiger partial charge in [0.1, 0.15) is 0 Å². The number of hydrogen-bond donors (Lipinski definition) is 2. The van der Waals surface area contributed by atoms with E-state index in [1.807, 2.05) is 0 Å². The van der Waals surface area contributed by atoms with Crippen LogP contribution in [-0.2, 0) is 9.47 Å². The molecule has 0 aromatic rings. The van der Waals surface area contributed by atoms with Gasteiger partial charge in [-0.2, -0.15) is 0 Å². The average molecular weight is 501 g/mol. The molecule has 36 heavy (non-hydrogen) atoms. The first-order chi connectivity index (χ1) is 16.8. The van der Waals surface area contributed by atoms with Gasteiger partial charge in [0.25, 0.3) is 0 Å². The molecule has 7 aliphatic rings. The second kappa shape index (κ2) is 7.83. The summed E-state index contributed by atoms with van der Waals surface area (Å²) in [5, 5.41) is 23.0. The van der Waals surface area contributed by atoms with E-state index >= 15 is 0 Å². The van der Waals surface area contributed by atoms with Gasteiger partial charge >= 0.3 is 0 Å². The predicted octanol–water partition coefficient (Wildman–Crippen LogP) is 6.49. The summed E-state index contributed by atoms with van der Waals surface area (Å²) in [5.74, 6) is 1.53. The average Bonchev–Trinajstić information content (AvgIpc) is 3.02. The van der Waals surface area contributed by atoms with Crippen molar-refractivity contribution in [1.82, 2.24) is 0 Å². The van der Waals surface area contributed by atoms with Crippen molar-refractivity contribution in [3.8, 4) is 0 Å². The Balaban J connectivity index is 1.43. The molecule has 5 aliphatic carbocycles. The highest BCUT2D eigenvalue weighted by Crippen LogP contribution is 2.76. The largest absolute Gasteiger partial charge is 0.393 e. The molecule has 204 valence electrons. The van der Waals surface area contributed by atoms with Crippen LogP contribution in [0.2, 0.25) is 0 Å². The first-order valence-electron chi connectivity index (χ1n) is 15.1. The normalized spacial score (nSPS) is 57.5. The summed E-state index contributed by atoms with van der Waals surface area (Å²) in [6.45, 7) is 18.0. The van der Waals surface area contributed by atoms with Crippen LogP contribution >= 0.6 is 0 Å². The molecule has 2 heterocycles. The van der Waals surface area contributed by atoms with Crippen molar-refractivity contribution in [2.45, 2.75) is 125 Å². The van der Waals surface area contributed by atoms with Crippen molar-refractivity contribution in [3.63, 3.8) is 0 Å². The molecular weight excluding hydrogens is 448 g/mol. The quantitative estimate of drug-likeness (QED) is 0.425. The number of aliphatic hydroxyl groups excluding tert-OH is 2. The zero-order valence-electron chi connectivity index (χ0n) is 24.0. The lowest BCUT2D eigenvalue weighted by molar-refractivity contribution is -0.216. The minimum absolute atomic E-state index is 0.00138. The maximum Gasteiger partial charge on any atom is 0.162 e. The zero-order valence-corrected chi connectivity index (χ0v) is 24.0. The first kappa shape index (κ1) is 25.8. The molecule has 2 aliphatic heterocycles. The summed E-state index contributed by atoms with van der Waals surface area (Å²) in [5.41, 5.74) is 1.85. The summed E-state index contributed by atoms with van der Waals surface area (Å²) >= 11 is 0. The molecule has 0 amide bonds. The molecule has 4 saturated carbocycles. The second-order valence-electron chi connectivity index (χ2n) is 15.6. The number of hydrogen-bond acceptors (Lipinski definition) is 4. The van der Waals surface area contributed by atoms with Gasteiger partial charge in [0, 0.05) is 17.4 Å². The lowest BCUT2D eigenvalue weighted by atomic mass is 9.33.